The highest BCUT2D eigenvalue weighted by Gasteiger charge is 2.09. The van der Waals surface area contributed by atoms with Gasteiger partial charge in [0.1, 0.15) is 10.0 Å². The minimum Gasteiger partial charge on any atom is -0.389 e. The second-order valence-electron chi connectivity index (χ2n) is 2.91. The molecule has 0 saturated carbocycles. The fraction of sp³-hybridized carbons (Fsp3) is 0.111. The Morgan fingerprint density at radius 2 is 2.29 bits per heavy atom. The Labute approximate surface area is 84.4 Å². The van der Waals surface area contributed by atoms with Crippen molar-refractivity contribution in [3.63, 3.8) is 0 Å². The number of halogens is 1. The molecule has 2 rings (SSSR count). The first-order valence-corrected chi connectivity index (χ1v) is 4.88. The molecular formula is C9H9FN3S+. The van der Waals surface area contributed by atoms with Crippen LogP contribution >= 0.6 is 11.3 Å². The van der Waals surface area contributed by atoms with Gasteiger partial charge in [0.05, 0.1) is 11.3 Å². The van der Waals surface area contributed by atoms with Crippen molar-refractivity contribution < 1.29 is 9.37 Å². The van der Waals surface area contributed by atoms with E-state index in [4.69, 9.17) is 5.73 Å². The average Bonchev–Trinajstić information content (AvgIpc) is 2.47. The zero-order chi connectivity index (χ0) is 10.1. The molecule has 2 aromatic rings. The van der Waals surface area contributed by atoms with Crippen LogP contribution in [0, 0.1) is 12.7 Å². The number of pyridine rings is 1. The number of hydrogen-bond donors (Lipinski definition) is 1. The number of aromatic nitrogens is 2. The summed E-state index contributed by atoms with van der Waals surface area (Å²) in [6.07, 6.45) is 2.98. The van der Waals surface area contributed by atoms with E-state index in [1.54, 1.807) is 6.20 Å². The second-order valence-corrected chi connectivity index (χ2v) is 3.94. The Hall–Kier alpha value is -1.49. The highest BCUT2D eigenvalue weighted by atomic mass is 32.1. The first-order chi connectivity index (χ1) is 6.66. The van der Waals surface area contributed by atoms with E-state index in [9.17, 15) is 4.39 Å². The van der Waals surface area contributed by atoms with E-state index >= 15 is 0 Å². The third kappa shape index (κ3) is 1.58. The van der Waals surface area contributed by atoms with Gasteiger partial charge < -0.3 is 5.73 Å². The predicted molar refractivity (Wildman–Crippen MR) is 53.2 cm³/mol. The molecule has 14 heavy (non-hydrogen) atoms. The lowest BCUT2D eigenvalue weighted by atomic mass is 10.3. The van der Waals surface area contributed by atoms with Gasteiger partial charge in [-0.05, 0) is 13.0 Å². The van der Waals surface area contributed by atoms with Gasteiger partial charge in [-0.15, -0.1) is 0 Å². The molecule has 0 fully saturated rings. The van der Waals surface area contributed by atoms with E-state index in [0.29, 0.717) is 5.00 Å². The van der Waals surface area contributed by atoms with Crippen molar-refractivity contribution in [2.45, 2.75) is 6.92 Å². The summed E-state index contributed by atoms with van der Waals surface area (Å²) in [5.41, 5.74) is 7.17. The maximum atomic E-state index is 12.9. The van der Waals surface area contributed by atoms with Crippen LogP contribution in [0.25, 0.3) is 10.6 Å². The smallest absolute Gasteiger partial charge is 0.203 e. The minimum absolute atomic E-state index is 0.311. The van der Waals surface area contributed by atoms with Gasteiger partial charge in [-0.2, -0.15) is 0 Å². The summed E-state index contributed by atoms with van der Waals surface area (Å²) in [5.74, 6) is -0.311. The molecular weight excluding hydrogens is 201 g/mol. The van der Waals surface area contributed by atoms with Crippen molar-refractivity contribution in [1.29, 1.82) is 0 Å². The van der Waals surface area contributed by atoms with Crippen molar-refractivity contribution in [3.05, 3.63) is 30.0 Å². The zero-order valence-electron chi connectivity index (χ0n) is 7.54. The molecule has 5 heteroatoms. The highest BCUT2D eigenvalue weighted by molar-refractivity contribution is 7.18. The van der Waals surface area contributed by atoms with E-state index in [-0.39, 0.29) is 5.82 Å². The van der Waals surface area contributed by atoms with E-state index < -0.39 is 0 Å². The molecule has 0 amide bonds. The Morgan fingerprint density at radius 3 is 2.86 bits per heavy atom. The van der Waals surface area contributed by atoms with Crippen molar-refractivity contribution >= 4 is 16.3 Å². The maximum Gasteiger partial charge on any atom is 0.203 e. The molecule has 3 nitrogen and oxygen atoms in total. The van der Waals surface area contributed by atoms with Crippen LogP contribution in [0.5, 0.6) is 0 Å². The van der Waals surface area contributed by atoms with Gasteiger partial charge in [-0.25, -0.2) is 14.4 Å². The van der Waals surface area contributed by atoms with Crippen LogP contribution < -0.4 is 10.7 Å². The molecule has 0 aliphatic heterocycles. The molecule has 72 valence electrons. The lowest BCUT2D eigenvalue weighted by molar-refractivity contribution is -0.380. The van der Waals surface area contributed by atoms with E-state index in [2.05, 4.69) is 9.97 Å². The minimum atomic E-state index is -0.311. The van der Waals surface area contributed by atoms with E-state index in [0.717, 1.165) is 16.3 Å². The number of H-pyrrole nitrogens is 1. The van der Waals surface area contributed by atoms with Crippen molar-refractivity contribution in [2.24, 2.45) is 0 Å². The van der Waals surface area contributed by atoms with Crippen LogP contribution in [0.15, 0.2) is 18.5 Å². The molecule has 3 N–H and O–H groups in total. The molecule has 0 atom stereocenters. The summed E-state index contributed by atoms with van der Waals surface area (Å²) in [6.45, 7) is 1.83. The number of nitrogen functional groups attached to an aromatic ring is 1. The zero-order valence-corrected chi connectivity index (χ0v) is 8.36. The number of anilines is 1. The Balaban J connectivity index is 2.49. The topological polar surface area (TPSA) is 53.0 Å². The Morgan fingerprint density at radius 1 is 1.50 bits per heavy atom. The number of aryl methyl sites for hydroxylation is 1. The van der Waals surface area contributed by atoms with Crippen LogP contribution in [0.3, 0.4) is 0 Å². The largest absolute Gasteiger partial charge is 0.389 e. The number of rotatable bonds is 1. The molecule has 0 radical (unpaired) electrons. The summed E-state index contributed by atoms with van der Waals surface area (Å²) in [7, 11) is 0. The standard InChI is InChI=1S/C9H8FN3S/c1-5-8(11)14-9(13-5)6-2-7(10)4-12-3-6/h2-4H,11H2,1H3/p+1. The van der Waals surface area contributed by atoms with Gasteiger partial charge in [-0.3, -0.25) is 0 Å². The molecule has 0 bridgehead atoms. The van der Waals surface area contributed by atoms with Gasteiger partial charge in [-0.1, -0.05) is 11.3 Å². The fourth-order valence-electron chi connectivity index (χ4n) is 1.10. The van der Waals surface area contributed by atoms with Gasteiger partial charge in [0.2, 0.25) is 6.20 Å². The van der Waals surface area contributed by atoms with E-state index in [1.165, 1.54) is 23.6 Å². The number of nitrogens with one attached hydrogen (secondary N) is 1. The summed E-state index contributed by atoms with van der Waals surface area (Å²) in [5, 5.41) is 1.40. The van der Waals surface area contributed by atoms with Crippen molar-refractivity contribution in [2.75, 3.05) is 5.73 Å². The molecule has 0 saturated heterocycles. The van der Waals surface area contributed by atoms with Gasteiger partial charge in [0, 0.05) is 0 Å². The highest BCUT2D eigenvalue weighted by Crippen LogP contribution is 2.28. The molecule has 2 heterocycles. The Bertz CT molecular complexity index is 447. The van der Waals surface area contributed by atoms with Crippen LogP contribution in [-0.4, -0.2) is 4.98 Å². The fourth-order valence-corrected chi connectivity index (χ4v) is 1.92. The lowest BCUT2D eigenvalue weighted by Crippen LogP contribution is -2.01. The van der Waals surface area contributed by atoms with Crippen molar-refractivity contribution in [1.82, 2.24) is 4.98 Å². The molecule has 0 aromatic carbocycles. The van der Waals surface area contributed by atoms with Crippen LogP contribution in [0.4, 0.5) is 9.39 Å². The quantitative estimate of drug-likeness (QED) is 0.778. The number of hydrogen-bond acceptors (Lipinski definition) is 3. The Kier molecular flexibility index (Phi) is 2.17. The summed E-state index contributed by atoms with van der Waals surface area (Å²) in [4.78, 5) is 6.94. The monoisotopic (exact) mass is 210 g/mol. The normalized spacial score (nSPS) is 10.4. The van der Waals surface area contributed by atoms with Crippen LogP contribution in [0.1, 0.15) is 5.69 Å². The van der Waals surface area contributed by atoms with Gasteiger partial charge in [0.25, 0.3) is 0 Å². The third-order valence-electron chi connectivity index (χ3n) is 1.83. The number of aromatic amines is 1. The van der Waals surface area contributed by atoms with Gasteiger partial charge >= 0.3 is 0 Å². The molecule has 0 aliphatic rings. The summed E-state index contributed by atoms with van der Waals surface area (Å²) in [6, 6.07) is 1.42. The molecule has 0 spiro atoms. The summed E-state index contributed by atoms with van der Waals surface area (Å²) < 4.78 is 12.9. The maximum absolute atomic E-state index is 12.9. The van der Waals surface area contributed by atoms with E-state index in [1.807, 2.05) is 6.92 Å². The number of nitrogens with zero attached hydrogens (tertiary/aromatic N) is 1. The van der Waals surface area contributed by atoms with Crippen LogP contribution in [-0.2, 0) is 0 Å². The number of thiazole rings is 1. The average molecular weight is 210 g/mol. The molecule has 0 unspecified atom stereocenters. The lowest BCUT2D eigenvalue weighted by Gasteiger charge is -1.89. The number of nitrogens with two attached hydrogens (primary N) is 1. The SMILES string of the molecule is Cc1nc(-c2c[nH+]cc(F)c2)sc1N. The first-order valence-electron chi connectivity index (χ1n) is 4.07. The predicted octanol–water partition coefficient (Wildman–Crippen LogP) is 1.65. The van der Waals surface area contributed by atoms with Gasteiger partial charge in [0.15, 0.2) is 12.0 Å². The third-order valence-corrected chi connectivity index (χ3v) is 2.87. The molecule has 0 aliphatic carbocycles. The first kappa shape index (κ1) is 9.08. The molecule has 2 aromatic heterocycles. The van der Waals surface area contributed by atoms with Crippen molar-refractivity contribution in [3.8, 4) is 10.6 Å². The second kappa shape index (κ2) is 3.34. The van der Waals surface area contributed by atoms with Crippen LogP contribution in [0.2, 0.25) is 0 Å². The summed E-state index contributed by atoms with van der Waals surface area (Å²) >= 11 is 1.36.